The van der Waals surface area contributed by atoms with E-state index in [0.717, 1.165) is 45.8 Å². The van der Waals surface area contributed by atoms with E-state index in [2.05, 4.69) is 137 Å². The van der Waals surface area contributed by atoms with Gasteiger partial charge in [-0.3, -0.25) is 4.57 Å². The molecule has 0 bridgehead atoms. The van der Waals surface area contributed by atoms with Gasteiger partial charge in [0.15, 0.2) is 5.82 Å². The molecule has 0 radical (unpaired) electrons. The molecule has 0 saturated heterocycles. The molecule has 1 atom stereocenters. The van der Waals surface area contributed by atoms with Crippen molar-refractivity contribution in [2.75, 3.05) is 4.90 Å². The molecule has 5 heteroatoms. The van der Waals surface area contributed by atoms with Gasteiger partial charge in [-0.15, -0.1) is 0 Å². The lowest BCUT2D eigenvalue weighted by Gasteiger charge is -2.27. The third-order valence-electron chi connectivity index (χ3n) is 9.99. The number of benzene rings is 5. The van der Waals surface area contributed by atoms with Crippen LogP contribution in [0.1, 0.15) is 22.7 Å². The van der Waals surface area contributed by atoms with Crippen molar-refractivity contribution in [1.82, 2.24) is 19.5 Å². The number of aromatic nitrogens is 4. The van der Waals surface area contributed by atoms with E-state index in [0.29, 0.717) is 5.82 Å². The smallest absolute Gasteiger partial charge is 0.161 e. The van der Waals surface area contributed by atoms with E-state index in [1.807, 2.05) is 42.6 Å². The molecule has 1 unspecified atom stereocenters. The highest BCUT2D eigenvalue weighted by atomic mass is 15.2. The fourth-order valence-corrected chi connectivity index (χ4v) is 7.71. The molecule has 4 heterocycles. The van der Waals surface area contributed by atoms with Gasteiger partial charge < -0.3 is 4.90 Å². The van der Waals surface area contributed by atoms with E-state index >= 15 is 0 Å². The Morgan fingerprint density at radius 3 is 1.92 bits per heavy atom. The lowest BCUT2D eigenvalue weighted by Crippen LogP contribution is -2.18. The van der Waals surface area contributed by atoms with Gasteiger partial charge in [0.05, 0.1) is 16.9 Å². The van der Waals surface area contributed by atoms with Gasteiger partial charge >= 0.3 is 0 Å². The van der Waals surface area contributed by atoms with Crippen LogP contribution in [0.5, 0.6) is 0 Å². The Morgan fingerprint density at radius 1 is 0.580 bits per heavy atom. The molecule has 0 saturated carbocycles. The number of hydrogen-bond acceptors (Lipinski definition) is 4. The predicted molar refractivity (Wildman–Crippen MR) is 202 cm³/mol. The molecule has 10 rings (SSSR count). The lowest BCUT2D eigenvalue weighted by atomic mass is 9.87. The summed E-state index contributed by atoms with van der Waals surface area (Å²) in [5.74, 6) is 1.78. The molecule has 8 aromatic rings. The summed E-state index contributed by atoms with van der Waals surface area (Å²) in [6.07, 6.45) is 5.21. The first-order valence-electron chi connectivity index (χ1n) is 17.0. The van der Waals surface area contributed by atoms with E-state index in [9.17, 15) is 0 Å². The Balaban J connectivity index is 1.09. The molecule has 1 aliphatic heterocycles. The van der Waals surface area contributed by atoms with Crippen LogP contribution >= 0.6 is 0 Å². The molecule has 3 aromatic heterocycles. The summed E-state index contributed by atoms with van der Waals surface area (Å²) in [6, 6.07) is 55.1. The summed E-state index contributed by atoms with van der Waals surface area (Å²) in [5.41, 5.74) is 13.6. The van der Waals surface area contributed by atoms with Crippen molar-refractivity contribution in [2.24, 2.45) is 0 Å². The van der Waals surface area contributed by atoms with Gasteiger partial charge in [-0.1, -0.05) is 115 Å². The third kappa shape index (κ3) is 4.59. The fourth-order valence-electron chi connectivity index (χ4n) is 7.71. The Labute approximate surface area is 290 Å². The van der Waals surface area contributed by atoms with Gasteiger partial charge in [-0.25, -0.2) is 15.0 Å². The highest BCUT2D eigenvalue weighted by Gasteiger charge is 2.39. The highest BCUT2D eigenvalue weighted by Crippen LogP contribution is 2.53. The Bertz CT molecular complexity index is 2500. The van der Waals surface area contributed by atoms with Crippen LogP contribution in [0, 0.1) is 0 Å². The molecule has 0 spiro atoms. The van der Waals surface area contributed by atoms with Crippen molar-refractivity contribution in [3.05, 3.63) is 186 Å². The van der Waals surface area contributed by atoms with E-state index in [4.69, 9.17) is 15.0 Å². The quantitative estimate of drug-likeness (QED) is 0.188. The summed E-state index contributed by atoms with van der Waals surface area (Å²) in [5, 5.41) is 1.23. The maximum atomic E-state index is 5.10. The summed E-state index contributed by atoms with van der Waals surface area (Å²) < 4.78 is 2.35. The Hall–Kier alpha value is -6.59. The van der Waals surface area contributed by atoms with Crippen LogP contribution in [-0.2, 0) is 6.42 Å². The lowest BCUT2D eigenvalue weighted by molar-refractivity contribution is 0.756. The number of nitrogens with zero attached hydrogens (tertiary/aromatic N) is 5. The van der Waals surface area contributed by atoms with Crippen molar-refractivity contribution in [2.45, 2.75) is 12.3 Å². The molecule has 0 amide bonds. The van der Waals surface area contributed by atoms with Crippen LogP contribution < -0.4 is 4.90 Å². The SMILES string of the molecule is C1=C2C(Cc3c1c1ccccc1n3-c1ccc(-c3nc(-c4ccccc4)cc(-c4ccccc4)n3)cn1)c1ccccc1N2c1ccccc1. The number of allylic oxidation sites excluding steroid dienone is 1. The second-order valence-corrected chi connectivity index (χ2v) is 12.9. The molecule has 1 aliphatic carbocycles. The van der Waals surface area contributed by atoms with Gasteiger partial charge in [-0.05, 0) is 54.1 Å². The zero-order valence-electron chi connectivity index (χ0n) is 27.2. The first kappa shape index (κ1) is 28.4. The van der Waals surface area contributed by atoms with Crippen molar-refractivity contribution in [1.29, 1.82) is 0 Å². The maximum absolute atomic E-state index is 5.10. The largest absolute Gasteiger partial charge is 0.313 e. The van der Waals surface area contributed by atoms with E-state index in [-0.39, 0.29) is 5.92 Å². The number of para-hydroxylation sites is 3. The number of pyridine rings is 1. The highest BCUT2D eigenvalue weighted by molar-refractivity contribution is 5.96. The second-order valence-electron chi connectivity index (χ2n) is 12.9. The average Bonchev–Trinajstić information content (AvgIpc) is 3.70. The fraction of sp³-hybridized carbons (Fsp3) is 0.0444. The monoisotopic (exact) mass is 641 g/mol. The van der Waals surface area contributed by atoms with Gasteiger partial charge in [0.2, 0.25) is 0 Å². The molecule has 0 N–H and O–H groups in total. The molecular weight excluding hydrogens is 611 g/mol. The summed E-state index contributed by atoms with van der Waals surface area (Å²) in [7, 11) is 0. The minimum atomic E-state index is 0.242. The van der Waals surface area contributed by atoms with Gasteiger partial charge in [0, 0.05) is 68.9 Å². The van der Waals surface area contributed by atoms with Crippen LogP contribution in [-0.4, -0.2) is 19.5 Å². The molecule has 236 valence electrons. The van der Waals surface area contributed by atoms with Crippen LogP contribution in [0.3, 0.4) is 0 Å². The van der Waals surface area contributed by atoms with E-state index in [1.165, 1.54) is 39.3 Å². The summed E-state index contributed by atoms with van der Waals surface area (Å²) in [4.78, 5) is 17.6. The minimum Gasteiger partial charge on any atom is -0.313 e. The van der Waals surface area contributed by atoms with Crippen molar-refractivity contribution >= 4 is 28.4 Å². The van der Waals surface area contributed by atoms with Gasteiger partial charge in [-0.2, -0.15) is 0 Å². The Morgan fingerprint density at radius 2 is 1.22 bits per heavy atom. The second kappa shape index (κ2) is 11.5. The first-order valence-corrected chi connectivity index (χ1v) is 17.0. The average molecular weight is 642 g/mol. The predicted octanol–water partition coefficient (Wildman–Crippen LogP) is 10.6. The molecule has 5 nitrogen and oxygen atoms in total. The van der Waals surface area contributed by atoms with Gasteiger partial charge in [0.1, 0.15) is 5.82 Å². The molecule has 0 fully saturated rings. The normalized spacial score (nSPS) is 14.6. The van der Waals surface area contributed by atoms with Crippen LogP contribution in [0.4, 0.5) is 11.4 Å². The zero-order chi connectivity index (χ0) is 33.0. The first-order chi connectivity index (χ1) is 24.8. The maximum Gasteiger partial charge on any atom is 0.161 e. The molecule has 50 heavy (non-hydrogen) atoms. The number of fused-ring (bicyclic) bond motifs is 6. The summed E-state index contributed by atoms with van der Waals surface area (Å²) >= 11 is 0. The molecule has 5 aromatic carbocycles. The number of hydrogen-bond donors (Lipinski definition) is 0. The molecular formula is C45H31N5. The zero-order valence-corrected chi connectivity index (χ0v) is 27.2. The Kier molecular flexibility index (Phi) is 6.56. The third-order valence-corrected chi connectivity index (χ3v) is 9.99. The van der Waals surface area contributed by atoms with Crippen LogP contribution in [0.2, 0.25) is 0 Å². The van der Waals surface area contributed by atoms with E-state index < -0.39 is 0 Å². The van der Waals surface area contributed by atoms with E-state index in [1.54, 1.807) is 0 Å². The number of anilines is 2. The van der Waals surface area contributed by atoms with Crippen molar-refractivity contribution < 1.29 is 0 Å². The van der Waals surface area contributed by atoms with Crippen molar-refractivity contribution in [3.8, 4) is 39.7 Å². The van der Waals surface area contributed by atoms with Crippen LogP contribution in [0.25, 0.3) is 56.7 Å². The topological polar surface area (TPSA) is 46.8 Å². The van der Waals surface area contributed by atoms with Crippen LogP contribution in [0.15, 0.2) is 170 Å². The van der Waals surface area contributed by atoms with Gasteiger partial charge in [0.25, 0.3) is 0 Å². The standard InChI is InChI=1S/C45H31N5/c1-4-14-30(15-5-1)38-28-39(31-16-6-2-7-17-31)48-45(47-38)32-24-25-44(46-29-32)50-41-23-13-11-21-35(41)37-26-42-36(27-43(37)50)34-20-10-12-22-40(34)49(42)33-18-8-3-9-19-33/h1-26,28-29,36H,27H2. The molecule has 2 aliphatic rings. The number of rotatable bonds is 5. The summed E-state index contributed by atoms with van der Waals surface area (Å²) in [6.45, 7) is 0. The van der Waals surface area contributed by atoms with Crippen molar-refractivity contribution in [3.63, 3.8) is 0 Å². The minimum absolute atomic E-state index is 0.242.